The molecule has 0 saturated carbocycles. The number of hydrogen-bond acceptors (Lipinski definition) is 4. The van der Waals surface area contributed by atoms with Crippen LogP contribution in [0, 0.1) is 0 Å². The molecule has 2 aliphatic heterocycles. The summed E-state index contributed by atoms with van der Waals surface area (Å²) in [5.41, 5.74) is 1.20. The highest BCUT2D eigenvalue weighted by atomic mass is 16.5. The lowest BCUT2D eigenvalue weighted by atomic mass is 10.1. The van der Waals surface area contributed by atoms with Crippen LogP contribution in [0.3, 0.4) is 0 Å². The van der Waals surface area contributed by atoms with E-state index in [0.29, 0.717) is 5.91 Å². The minimum atomic E-state index is -0.0173. The maximum atomic E-state index is 12.8. The second-order valence-corrected chi connectivity index (χ2v) is 6.33. The van der Waals surface area contributed by atoms with Crippen molar-refractivity contribution in [1.82, 2.24) is 19.6 Å². The minimum Gasteiger partial charge on any atom is -0.380 e. The van der Waals surface area contributed by atoms with Crippen molar-refractivity contribution in [3.05, 3.63) is 18.0 Å². The molecule has 2 atom stereocenters. The Morgan fingerprint density at radius 1 is 1.41 bits per heavy atom. The number of ether oxygens (including phenoxy) is 1. The maximum Gasteiger partial charge on any atom is 0.240 e. The van der Waals surface area contributed by atoms with Gasteiger partial charge in [0.2, 0.25) is 5.91 Å². The first-order valence-corrected chi connectivity index (χ1v) is 8.21. The Labute approximate surface area is 132 Å². The summed E-state index contributed by atoms with van der Waals surface area (Å²) in [7, 11) is 3.71. The minimum absolute atomic E-state index is 0.0173. The van der Waals surface area contributed by atoms with Gasteiger partial charge in [-0.1, -0.05) is 0 Å². The van der Waals surface area contributed by atoms with Gasteiger partial charge in [-0.2, -0.15) is 5.10 Å². The van der Waals surface area contributed by atoms with E-state index in [4.69, 9.17) is 4.74 Å². The number of hydrogen-bond donors (Lipinski definition) is 0. The molecule has 2 fully saturated rings. The summed E-state index contributed by atoms with van der Waals surface area (Å²) in [5, 5.41) is 4.21. The van der Waals surface area contributed by atoms with Crippen LogP contribution in [0.15, 0.2) is 12.3 Å². The van der Waals surface area contributed by atoms with E-state index in [-0.39, 0.29) is 12.1 Å². The summed E-state index contributed by atoms with van der Waals surface area (Å²) < 4.78 is 7.42. The Morgan fingerprint density at radius 3 is 2.82 bits per heavy atom. The third-order valence-corrected chi connectivity index (χ3v) is 4.98. The number of aryl methyl sites for hydroxylation is 1. The highest BCUT2D eigenvalue weighted by Gasteiger charge is 2.39. The molecule has 0 spiro atoms. The van der Waals surface area contributed by atoms with Crippen LogP contribution in [-0.2, 0) is 23.0 Å². The number of likely N-dealkylation sites (tertiary alicyclic amines) is 2. The van der Waals surface area contributed by atoms with Crippen molar-refractivity contribution < 1.29 is 9.53 Å². The molecule has 1 aromatic rings. The van der Waals surface area contributed by atoms with E-state index in [0.717, 1.165) is 51.9 Å². The van der Waals surface area contributed by atoms with Crippen molar-refractivity contribution in [1.29, 1.82) is 0 Å². The molecule has 3 heterocycles. The zero-order valence-corrected chi connectivity index (χ0v) is 13.6. The number of nitrogens with zero attached hydrogens (tertiary/aromatic N) is 4. The van der Waals surface area contributed by atoms with Gasteiger partial charge in [-0.05, 0) is 25.3 Å². The number of rotatable bonds is 5. The van der Waals surface area contributed by atoms with Crippen molar-refractivity contribution in [2.75, 3.05) is 33.3 Å². The van der Waals surface area contributed by atoms with Crippen molar-refractivity contribution in [3.8, 4) is 0 Å². The van der Waals surface area contributed by atoms with Gasteiger partial charge in [0, 0.05) is 58.6 Å². The van der Waals surface area contributed by atoms with Gasteiger partial charge in [0.15, 0.2) is 0 Å². The summed E-state index contributed by atoms with van der Waals surface area (Å²) in [4.78, 5) is 17.1. The van der Waals surface area contributed by atoms with Crippen LogP contribution in [-0.4, -0.2) is 70.9 Å². The first kappa shape index (κ1) is 15.5. The van der Waals surface area contributed by atoms with Crippen LogP contribution in [0.4, 0.5) is 0 Å². The lowest BCUT2D eigenvalue weighted by Gasteiger charge is -2.27. The first-order valence-electron chi connectivity index (χ1n) is 8.21. The van der Waals surface area contributed by atoms with Crippen molar-refractivity contribution in [3.63, 3.8) is 0 Å². The molecule has 0 aliphatic carbocycles. The molecule has 122 valence electrons. The van der Waals surface area contributed by atoms with E-state index in [1.165, 1.54) is 5.69 Å². The van der Waals surface area contributed by atoms with Gasteiger partial charge in [0.25, 0.3) is 0 Å². The molecule has 0 aromatic carbocycles. The molecule has 1 amide bonds. The number of amides is 1. The molecular formula is C16H26N4O2. The van der Waals surface area contributed by atoms with Crippen molar-refractivity contribution in [2.45, 2.75) is 37.8 Å². The van der Waals surface area contributed by atoms with Gasteiger partial charge in [-0.15, -0.1) is 0 Å². The molecular weight excluding hydrogens is 280 g/mol. The van der Waals surface area contributed by atoms with Gasteiger partial charge in [0.1, 0.15) is 0 Å². The fraction of sp³-hybridized carbons (Fsp3) is 0.750. The highest BCUT2D eigenvalue weighted by Crippen LogP contribution is 2.23. The monoisotopic (exact) mass is 306 g/mol. The van der Waals surface area contributed by atoms with Crippen LogP contribution in [0.5, 0.6) is 0 Å². The Kier molecular flexibility index (Phi) is 4.78. The molecule has 3 rings (SSSR count). The van der Waals surface area contributed by atoms with Crippen LogP contribution in [0.25, 0.3) is 0 Å². The third kappa shape index (κ3) is 3.17. The smallest absolute Gasteiger partial charge is 0.240 e. The van der Waals surface area contributed by atoms with E-state index < -0.39 is 0 Å². The van der Waals surface area contributed by atoms with Crippen LogP contribution >= 0.6 is 0 Å². The molecule has 0 unspecified atom stereocenters. The Balaban J connectivity index is 1.64. The van der Waals surface area contributed by atoms with Gasteiger partial charge in [0.05, 0.1) is 12.1 Å². The van der Waals surface area contributed by atoms with E-state index in [1.807, 2.05) is 28.9 Å². The molecule has 0 N–H and O–H groups in total. The molecule has 0 bridgehead atoms. The standard InChI is InChI=1S/C16H26N4O2/c1-18-13(5-7-17-18)6-10-20-12-14(22-2)11-15(20)16(21)19-8-3-4-9-19/h5,7,14-15H,3-4,6,8-12H2,1-2H3/t14-,15-/m0/s1. The summed E-state index contributed by atoms with van der Waals surface area (Å²) in [6.07, 6.45) is 6.00. The Morgan fingerprint density at radius 2 is 2.18 bits per heavy atom. The van der Waals surface area contributed by atoms with Crippen molar-refractivity contribution >= 4 is 5.91 Å². The summed E-state index contributed by atoms with van der Waals surface area (Å²) in [6, 6.07) is 2.03. The average Bonchev–Trinajstić information content (AvgIpc) is 3.25. The molecule has 6 nitrogen and oxygen atoms in total. The zero-order valence-electron chi connectivity index (χ0n) is 13.6. The second kappa shape index (κ2) is 6.79. The lowest BCUT2D eigenvalue weighted by Crippen LogP contribution is -2.45. The lowest BCUT2D eigenvalue weighted by molar-refractivity contribution is -0.134. The molecule has 6 heteroatoms. The Hall–Kier alpha value is -1.40. The van der Waals surface area contributed by atoms with Crippen LogP contribution in [0.2, 0.25) is 0 Å². The van der Waals surface area contributed by atoms with Gasteiger partial charge in [-0.25, -0.2) is 0 Å². The fourth-order valence-electron chi connectivity index (χ4n) is 3.59. The Bertz CT molecular complexity index is 510. The molecule has 22 heavy (non-hydrogen) atoms. The van der Waals surface area contributed by atoms with E-state index in [9.17, 15) is 4.79 Å². The van der Waals surface area contributed by atoms with Crippen molar-refractivity contribution in [2.24, 2.45) is 7.05 Å². The largest absolute Gasteiger partial charge is 0.380 e. The number of carbonyl (C=O) groups excluding carboxylic acids is 1. The molecule has 0 radical (unpaired) electrons. The van der Waals surface area contributed by atoms with Gasteiger partial charge >= 0.3 is 0 Å². The topological polar surface area (TPSA) is 50.6 Å². The maximum absolute atomic E-state index is 12.8. The fourth-order valence-corrected chi connectivity index (χ4v) is 3.59. The van der Waals surface area contributed by atoms with E-state index >= 15 is 0 Å². The molecule has 2 saturated heterocycles. The van der Waals surface area contributed by atoms with E-state index in [1.54, 1.807) is 7.11 Å². The summed E-state index contributed by atoms with van der Waals surface area (Å²) >= 11 is 0. The summed E-state index contributed by atoms with van der Waals surface area (Å²) in [6.45, 7) is 3.56. The predicted molar refractivity (Wildman–Crippen MR) is 83.5 cm³/mol. The number of methoxy groups -OCH3 is 1. The first-order chi connectivity index (χ1) is 10.7. The second-order valence-electron chi connectivity index (χ2n) is 6.33. The van der Waals surface area contributed by atoms with Gasteiger partial charge < -0.3 is 9.64 Å². The average molecular weight is 306 g/mol. The number of carbonyl (C=O) groups is 1. The quantitative estimate of drug-likeness (QED) is 0.802. The van der Waals surface area contributed by atoms with Crippen LogP contribution < -0.4 is 0 Å². The normalized spacial score (nSPS) is 26.0. The highest BCUT2D eigenvalue weighted by molar-refractivity contribution is 5.82. The summed E-state index contributed by atoms with van der Waals surface area (Å²) in [5.74, 6) is 0.294. The SMILES string of the molecule is CO[C@H]1C[C@@H](C(=O)N2CCCC2)N(CCc2ccnn2C)C1. The molecule has 2 aliphatic rings. The van der Waals surface area contributed by atoms with Gasteiger partial charge in [-0.3, -0.25) is 14.4 Å². The van der Waals surface area contributed by atoms with Crippen LogP contribution in [0.1, 0.15) is 25.0 Å². The molecule has 1 aromatic heterocycles. The zero-order chi connectivity index (χ0) is 15.5. The third-order valence-electron chi connectivity index (χ3n) is 4.98. The predicted octanol–water partition coefficient (Wildman–Crippen LogP) is 0.674. The number of aromatic nitrogens is 2. The van der Waals surface area contributed by atoms with E-state index in [2.05, 4.69) is 10.00 Å².